The quantitative estimate of drug-likeness (QED) is 0.844. The SMILES string of the molecule is CCc1ccc(S(=O)(=O)NCC2CC2(C)C)cc1C(=O)O. The Labute approximate surface area is 125 Å². The summed E-state index contributed by atoms with van der Waals surface area (Å²) in [5.74, 6) is -0.756. The summed E-state index contributed by atoms with van der Waals surface area (Å²) in [5, 5.41) is 9.17. The molecule has 1 aromatic carbocycles. The fraction of sp³-hybridized carbons (Fsp3) is 0.533. The fourth-order valence-electron chi connectivity index (χ4n) is 2.45. The van der Waals surface area contributed by atoms with Gasteiger partial charge < -0.3 is 5.11 Å². The smallest absolute Gasteiger partial charge is 0.336 e. The first-order chi connectivity index (χ1) is 9.67. The number of carboxylic acids is 1. The van der Waals surface area contributed by atoms with Crippen LogP contribution in [0.4, 0.5) is 0 Å². The van der Waals surface area contributed by atoms with Crippen molar-refractivity contribution in [3.63, 3.8) is 0 Å². The molecule has 6 heteroatoms. The van der Waals surface area contributed by atoms with E-state index < -0.39 is 16.0 Å². The van der Waals surface area contributed by atoms with Gasteiger partial charge in [-0.3, -0.25) is 0 Å². The van der Waals surface area contributed by atoms with Crippen LogP contribution < -0.4 is 4.72 Å². The Morgan fingerprint density at radius 1 is 1.43 bits per heavy atom. The molecule has 2 N–H and O–H groups in total. The summed E-state index contributed by atoms with van der Waals surface area (Å²) in [7, 11) is -3.66. The van der Waals surface area contributed by atoms with E-state index in [4.69, 9.17) is 5.11 Å². The Morgan fingerprint density at radius 3 is 2.52 bits per heavy atom. The maximum Gasteiger partial charge on any atom is 0.336 e. The summed E-state index contributed by atoms with van der Waals surface area (Å²) in [6.07, 6.45) is 1.55. The van der Waals surface area contributed by atoms with Crippen molar-refractivity contribution >= 4 is 16.0 Å². The topological polar surface area (TPSA) is 83.5 Å². The molecule has 0 radical (unpaired) electrons. The number of aryl methyl sites for hydroxylation is 1. The van der Waals surface area contributed by atoms with Crippen LogP contribution in [0.2, 0.25) is 0 Å². The van der Waals surface area contributed by atoms with Gasteiger partial charge in [0.1, 0.15) is 0 Å². The predicted octanol–water partition coefficient (Wildman–Crippen LogP) is 2.27. The lowest BCUT2D eigenvalue weighted by molar-refractivity contribution is 0.0695. The number of carbonyl (C=O) groups is 1. The van der Waals surface area contributed by atoms with Crippen molar-refractivity contribution < 1.29 is 18.3 Å². The highest BCUT2D eigenvalue weighted by Gasteiger charge is 2.45. The second-order valence-corrected chi connectivity index (χ2v) is 7.99. The summed E-state index contributed by atoms with van der Waals surface area (Å²) in [4.78, 5) is 11.2. The molecule has 0 saturated heterocycles. The predicted molar refractivity (Wildman–Crippen MR) is 79.9 cm³/mol. The van der Waals surface area contributed by atoms with Crippen LogP contribution in [-0.2, 0) is 16.4 Å². The fourth-order valence-corrected chi connectivity index (χ4v) is 3.56. The van der Waals surface area contributed by atoms with Gasteiger partial charge in [0.25, 0.3) is 0 Å². The number of benzene rings is 1. The zero-order chi connectivity index (χ0) is 15.8. The van der Waals surface area contributed by atoms with E-state index in [1.165, 1.54) is 12.1 Å². The van der Waals surface area contributed by atoms with Gasteiger partial charge in [-0.1, -0.05) is 26.8 Å². The molecule has 116 valence electrons. The molecule has 5 nitrogen and oxygen atoms in total. The largest absolute Gasteiger partial charge is 0.478 e. The van der Waals surface area contributed by atoms with Crippen molar-refractivity contribution in [2.45, 2.75) is 38.5 Å². The van der Waals surface area contributed by atoms with E-state index >= 15 is 0 Å². The first-order valence-corrected chi connectivity index (χ1v) is 8.51. The summed E-state index contributed by atoms with van der Waals surface area (Å²) in [6, 6.07) is 4.27. The third-order valence-corrected chi connectivity index (χ3v) is 5.66. The summed E-state index contributed by atoms with van der Waals surface area (Å²) in [5.41, 5.74) is 0.873. The van der Waals surface area contributed by atoms with E-state index in [0.717, 1.165) is 6.42 Å². The molecule has 0 spiro atoms. The molecule has 0 amide bonds. The van der Waals surface area contributed by atoms with Gasteiger partial charge in [-0.15, -0.1) is 0 Å². The molecule has 1 aliphatic rings. The third kappa shape index (κ3) is 3.44. The summed E-state index contributed by atoms with van der Waals surface area (Å²) >= 11 is 0. The number of nitrogens with one attached hydrogen (secondary N) is 1. The van der Waals surface area contributed by atoms with Gasteiger partial charge in [-0.2, -0.15) is 0 Å². The van der Waals surface area contributed by atoms with Crippen LogP contribution >= 0.6 is 0 Å². The number of carboxylic acid groups (broad SMARTS) is 1. The minimum Gasteiger partial charge on any atom is -0.478 e. The van der Waals surface area contributed by atoms with Crippen molar-refractivity contribution in [3.8, 4) is 0 Å². The zero-order valence-corrected chi connectivity index (χ0v) is 13.3. The van der Waals surface area contributed by atoms with Crippen LogP contribution in [-0.4, -0.2) is 26.0 Å². The van der Waals surface area contributed by atoms with Crippen LogP contribution in [0.15, 0.2) is 23.1 Å². The van der Waals surface area contributed by atoms with E-state index in [-0.39, 0.29) is 15.9 Å². The standard InChI is InChI=1S/C15H21NO4S/c1-4-10-5-6-12(7-13(10)14(17)18)21(19,20)16-9-11-8-15(11,2)3/h5-7,11,16H,4,8-9H2,1-3H3,(H,17,18). The van der Waals surface area contributed by atoms with Crippen molar-refractivity contribution in [2.75, 3.05) is 6.54 Å². The molecule has 0 aliphatic heterocycles. The van der Waals surface area contributed by atoms with Gasteiger partial charge >= 0.3 is 5.97 Å². The molecule has 0 heterocycles. The number of sulfonamides is 1. The van der Waals surface area contributed by atoms with E-state index in [9.17, 15) is 13.2 Å². The number of hydrogen-bond acceptors (Lipinski definition) is 3. The Kier molecular flexibility index (Phi) is 4.13. The highest BCUT2D eigenvalue weighted by Crippen LogP contribution is 2.51. The van der Waals surface area contributed by atoms with Crippen LogP contribution in [0.5, 0.6) is 0 Å². The lowest BCUT2D eigenvalue weighted by Crippen LogP contribution is -2.27. The lowest BCUT2D eigenvalue weighted by atomic mass is 10.1. The molecule has 1 saturated carbocycles. The van der Waals surface area contributed by atoms with Gasteiger partial charge in [0.05, 0.1) is 10.5 Å². The van der Waals surface area contributed by atoms with E-state index in [1.54, 1.807) is 6.07 Å². The third-order valence-electron chi connectivity index (χ3n) is 4.24. The summed E-state index contributed by atoms with van der Waals surface area (Å²) in [6.45, 7) is 6.44. The molecule has 1 fully saturated rings. The van der Waals surface area contributed by atoms with Gasteiger partial charge in [-0.25, -0.2) is 17.9 Å². The van der Waals surface area contributed by atoms with Crippen LogP contribution in [0, 0.1) is 11.3 Å². The van der Waals surface area contributed by atoms with Gasteiger partial charge in [0.2, 0.25) is 10.0 Å². The minimum absolute atomic E-state index is 0.00977. The molecule has 1 atom stereocenters. The number of aromatic carboxylic acids is 1. The first-order valence-electron chi connectivity index (χ1n) is 7.03. The number of rotatable bonds is 6. The molecule has 21 heavy (non-hydrogen) atoms. The minimum atomic E-state index is -3.66. The molecule has 0 aromatic heterocycles. The van der Waals surface area contributed by atoms with Gasteiger partial charge in [0, 0.05) is 6.54 Å². The first kappa shape index (κ1) is 16.0. The Morgan fingerprint density at radius 2 is 2.05 bits per heavy atom. The molecule has 1 aliphatic carbocycles. The van der Waals surface area contributed by atoms with Crippen molar-refractivity contribution in [1.82, 2.24) is 4.72 Å². The van der Waals surface area contributed by atoms with Crippen LogP contribution in [0.3, 0.4) is 0 Å². The van der Waals surface area contributed by atoms with Crippen molar-refractivity contribution in [1.29, 1.82) is 0 Å². The highest BCUT2D eigenvalue weighted by molar-refractivity contribution is 7.89. The Balaban J connectivity index is 2.20. The maximum absolute atomic E-state index is 12.2. The molecule has 1 aromatic rings. The molecular formula is C15H21NO4S. The van der Waals surface area contributed by atoms with Gasteiger partial charge in [0.15, 0.2) is 0 Å². The summed E-state index contributed by atoms with van der Waals surface area (Å²) < 4.78 is 27.1. The van der Waals surface area contributed by atoms with Gasteiger partial charge in [-0.05, 0) is 41.9 Å². The zero-order valence-electron chi connectivity index (χ0n) is 12.5. The maximum atomic E-state index is 12.2. The Hall–Kier alpha value is -1.40. The van der Waals surface area contributed by atoms with Crippen LogP contribution in [0.25, 0.3) is 0 Å². The lowest BCUT2D eigenvalue weighted by Gasteiger charge is -2.10. The molecule has 0 bridgehead atoms. The van der Waals surface area contributed by atoms with E-state index in [2.05, 4.69) is 18.6 Å². The van der Waals surface area contributed by atoms with E-state index in [1.807, 2.05) is 6.92 Å². The molecule has 2 rings (SSSR count). The normalized spacial score (nSPS) is 20.2. The molecule has 1 unspecified atom stereocenters. The average molecular weight is 311 g/mol. The van der Waals surface area contributed by atoms with Crippen molar-refractivity contribution in [2.24, 2.45) is 11.3 Å². The highest BCUT2D eigenvalue weighted by atomic mass is 32.2. The second kappa shape index (κ2) is 5.42. The molecular weight excluding hydrogens is 290 g/mol. The average Bonchev–Trinajstić information content (AvgIpc) is 3.03. The van der Waals surface area contributed by atoms with Crippen molar-refractivity contribution in [3.05, 3.63) is 29.3 Å². The van der Waals surface area contributed by atoms with E-state index in [0.29, 0.717) is 24.4 Å². The Bertz CT molecular complexity index is 664. The van der Waals surface area contributed by atoms with Crippen LogP contribution in [0.1, 0.15) is 43.1 Å². The second-order valence-electron chi connectivity index (χ2n) is 6.22. The number of hydrogen-bond donors (Lipinski definition) is 2. The monoisotopic (exact) mass is 311 g/mol.